The van der Waals surface area contributed by atoms with Gasteiger partial charge in [0.25, 0.3) is 0 Å². The lowest BCUT2D eigenvalue weighted by molar-refractivity contribution is -0.130. The Hall–Kier alpha value is -2.95. The molecule has 0 bridgehead atoms. The summed E-state index contributed by atoms with van der Waals surface area (Å²) in [6.07, 6.45) is 3.95. The summed E-state index contributed by atoms with van der Waals surface area (Å²) < 4.78 is 0. The third-order valence-corrected chi connectivity index (χ3v) is 4.64. The van der Waals surface area contributed by atoms with E-state index in [1.807, 2.05) is 29.2 Å². The van der Waals surface area contributed by atoms with Crippen LogP contribution in [0.1, 0.15) is 5.56 Å². The third kappa shape index (κ3) is 3.45. The van der Waals surface area contributed by atoms with Gasteiger partial charge in [-0.3, -0.25) is 4.79 Å². The largest absolute Gasteiger partial charge is 0.339 e. The minimum atomic E-state index is 0.184. The summed E-state index contributed by atoms with van der Waals surface area (Å²) in [5.74, 6) is 0.924. The number of hydrogen-bond donors (Lipinski definition) is 0. The lowest BCUT2D eigenvalue weighted by Gasteiger charge is -2.34. The van der Waals surface area contributed by atoms with Crippen molar-refractivity contribution in [1.29, 1.82) is 0 Å². The van der Waals surface area contributed by atoms with E-state index in [9.17, 15) is 4.79 Å². The molecule has 1 fully saturated rings. The van der Waals surface area contributed by atoms with Crippen LogP contribution in [-0.2, 0) is 11.2 Å². The number of hydrogen-bond acceptors (Lipinski definition) is 4. The molecule has 0 atom stereocenters. The number of rotatable bonds is 3. The predicted octanol–water partition coefficient (Wildman–Crippen LogP) is 2.52. The van der Waals surface area contributed by atoms with E-state index in [0.717, 1.165) is 24.6 Å². The lowest BCUT2D eigenvalue weighted by atomic mass is 10.0. The molecule has 1 aliphatic heterocycles. The molecule has 1 aromatic heterocycles. The smallest absolute Gasteiger partial charge is 0.227 e. The van der Waals surface area contributed by atoms with Crippen LogP contribution in [0.25, 0.3) is 10.8 Å². The summed E-state index contributed by atoms with van der Waals surface area (Å²) in [6.45, 7) is 2.97. The zero-order valence-electron chi connectivity index (χ0n) is 14.0. The molecule has 0 unspecified atom stereocenters. The molecule has 5 heteroatoms. The number of aromatic nitrogens is 2. The second-order valence-corrected chi connectivity index (χ2v) is 6.27. The summed E-state index contributed by atoms with van der Waals surface area (Å²) in [7, 11) is 0. The number of fused-ring (bicyclic) bond motifs is 1. The molecule has 5 nitrogen and oxygen atoms in total. The van der Waals surface area contributed by atoms with Crippen molar-refractivity contribution in [1.82, 2.24) is 14.9 Å². The first-order chi connectivity index (χ1) is 12.3. The number of anilines is 1. The summed E-state index contributed by atoms with van der Waals surface area (Å²) in [5.41, 5.74) is 1.07. The normalized spacial score (nSPS) is 14.7. The van der Waals surface area contributed by atoms with Crippen molar-refractivity contribution in [3.05, 3.63) is 66.5 Å². The fourth-order valence-corrected chi connectivity index (χ4v) is 3.25. The highest BCUT2D eigenvalue weighted by Gasteiger charge is 2.22. The van der Waals surface area contributed by atoms with Crippen LogP contribution in [0.2, 0.25) is 0 Å². The standard InChI is InChI=1S/C20H20N4O/c25-19(15-16-6-7-17-4-1-2-5-18(17)14-16)23-10-12-24(13-11-23)20-21-8-3-9-22-20/h1-9,14H,10-13,15H2. The molecule has 3 aromatic rings. The van der Waals surface area contributed by atoms with Gasteiger partial charge in [0.2, 0.25) is 11.9 Å². The van der Waals surface area contributed by atoms with Gasteiger partial charge in [0.05, 0.1) is 6.42 Å². The third-order valence-electron chi connectivity index (χ3n) is 4.64. The number of benzene rings is 2. The number of carbonyl (C=O) groups excluding carboxylic acids is 1. The Balaban J connectivity index is 1.38. The van der Waals surface area contributed by atoms with Crippen LogP contribution in [0.5, 0.6) is 0 Å². The maximum atomic E-state index is 12.6. The minimum Gasteiger partial charge on any atom is -0.339 e. The molecule has 0 radical (unpaired) electrons. The highest BCUT2D eigenvalue weighted by atomic mass is 16.2. The van der Waals surface area contributed by atoms with Gasteiger partial charge in [-0.25, -0.2) is 9.97 Å². The van der Waals surface area contributed by atoms with Crippen LogP contribution < -0.4 is 4.90 Å². The summed E-state index contributed by atoms with van der Waals surface area (Å²) in [6, 6.07) is 16.3. The van der Waals surface area contributed by atoms with E-state index < -0.39 is 0 Å². The number of amides is 1. The van der Waals surface area contributed by atoms with Crippen molar-refractivity contribution < 1.29 is 4.79 Å². The number of piperazine rings is 1. The molecule has 126 valence electrons. The van der Waals surface area contributed by atoms with Gasteiger partial charge in [0.1, 0.15) is 0 Å². The van der Waals surface area contributed by atoms with Crippen LogP contribution in [-0.4, -0.2) is 47.0 Å². The zero-order valence-corrected chi connectivity index (χ0v) is 14.0. The van der Waals surface area contributed by atoms with Gasteiger partial charge in [-0.05, 0) is 22.4 Å². The Morgan fingerprint density at radius 2 is 1.60 bits per heavy atom. The summed E-state index contributed by atoms with van der Waals surface area (Å²) in [5, 5.41) is 2.38. The molecule has 25 heavy (non-hydrogen) atoms. The lowest BCUT2D eigenvalue weighted by Crippen LogP contribution is -2.49. The Morgan fingerprint density at radius 1 is 0.880 bits per heavy atom. The predicted molar refractivity (Wildman–Crippen MR) is 98.5 cm³/mol. The second kappa shape index (κ2) is 6.89. The highest BCUT2D eigenvalue weighted by Crippen LogP contribution is 2.17. The van der Waals surface area contributed by atoms with Crippen LogP contribution in [0.4, 0.5) is 5.95 Å². The second-order valence-electron chi connectivity index (χ2n) is 6.27. The number of carbonyl (C=O) groups is 1. The van der Waals surface area contributed by atoms with E-state index >= 15 is 0 Å². The van der Waals surface area contributed by atoms with Gasteiger partial charge in [0, 0.05) is 38.6 Å². The van der Waals surface area contributed by atoms with Crippen LogP contribution >= 0.6 is 0 Å². The van der Waals surface area contributed by atoms with Gasteiger partial charge in [0.15, 0.2) is 0 Å². The fourth-order valence-electron chi connectivity index (χ4n) is 3.25. The fraction of sp³-hybridized carbons (Fsp3) is 0.250. The van der Waals surface area contributed by atoms with Crippen molar-refractivity contribution in [3.8, 4) is 0 Å². The molecule has 2 heterocycles. The first kappa shape index (κ1) is 15.6. The molecular formula is C20H20N4O. The van der Waals surface area contributed by atoms with Crippen LogP contribution in [0.3, 0.4) is 0 Å². The van der Waals surface area contributed by atoms with Crippen molar-refractivity contribution in [2.24, 2.45) is 0 Å². The van der Waals surface area contributed by atoms with Gasteiger partial charge in [-0.15, -0.1) is 0 Å². The summed E-state index contributed by atoms with van der Waals surface area (Å²) in [4.78, 5) is 25.2. The molecule has 2 aromatic carbocycles. The average molecular weight is 332 g/mol. The van der Waals surface area contributed by atoms with Gasteiger partial charge in [-0.1, -0.05) is 42.5 Å². The molecule has 1 amide bonds. The molecule has 0 saturated carbocycles. The topological polar surface area (TPSA) is 49.3 Å². The Morgan fingerprint density at radius 3 is 2.36 bits per heavy atom. The Kier molecular flexibility index (Phi) is 4.29. The molecule has 0 spiro atoms. The molecule has 1 saturated heterocycles. The molecule has 1 aliphatic rings. The van der Waals surface area contributed by atoms with Gasteiger partial charge in [-0.2, -0.15) is 0 Å². The first-order valence-corrected chi connectivity index (χ1v) is 8.57. The van der Waals surface area contributed by atoms with E-state index in [1.165, 1.54) is 10.8 Å². The van der Waals surface area contributed by atoms with Gasteiger partial charge >= 0.3 is 0 Å². The summed E-state index contributed by atoms with van der Waals surface area (Å²) >= 11 is 0. The van der Waals surface area contributed by atoms with Crippen molar-refractivity contribution in [3.63, 3.8) is 0 Å². The van der Waals surface area contributed by atoms with Gasteiger partial charge < -0.3 is 9.80 Å². The van der Waals surface area contributed by atoms with E-state index in [2.05, 4.69) is 39.1 Å². The molecule has 0 aliphatic carbocycles. The van der Waals surface area contributed by atoms with E-state index in [0.29, 0.717) is 19.5 Å². The molecule has 0 N–H and O–H groups in total. The Labute approximate surface area is 146 Å². The van der Waals surface area contributed by atoms with E-state index in [-0.39, 0.29) is 5.91 Å². The SMILES string of the molecule is O=C(Cc1ccc2ccccc2c1)N1CCN(c2ncccn2)CC1. The number of nitrogens with zero attached hydrogens (tertiary/aromatic N) is 4. The molecular weight excluding hydrogens is 312 g/mol. The minimum absolute atomic E-state index is 0.184. The van der Waals surface area contributed by atoms with Crippen molar-refractivity contribution >= 4 is 22.6 Å². The van der Waals surface area contributed by atoms with Crippen molar-refractivity contribution in [2.45, 2.75) is 6.42 Å². The maximum absolute atomic E-state index is 12.6. The average Bonchev–Trinajstić information content (AvgIpc) is 2.69. The van der Waals surface area contributed by atoms with Crippen LogP contribution in [0.15, 0.2) is 60.9 Å². The monoisotopic (exact) mass is 332 g/mol. The van der Waals surface area contributed by atoms with Crippen molar-refractivity contribution in [2.75, 3.05) is 31.1 Å². The van der Waals surface area contributed by atoms with E-state index in [4.69, 9.17) is 0 Å². The van der Waals surface area contributed by atoms with E-state index in [1.54, 1.807) is 12.4 Å². The Bertz CT molecular complexity index is 873. The van der Waals surface area contributed by atoms with Crippen LogP contribution in [0, 0.1) is 0 Å². The molecule has 4 rings (SSSR count). The zero-order chi connectivity index (χ0) is 17.1. The first-order valence-electron chi connectivity index (χ1n) is 8.57. The highest BCUT2D eigenvalue weighted by molar-refractivity contribution is 5.85. The quantitative estimate of drug-likeness (QED) is 0.739. The maximum Gasteiger partial charge on any atom is 0.227 e.